The van der Waals surface area contributed by atoms with Gasteiger partial charge in [-0.3, -0.25) is 0 Å². The fourth-order valence-electron chi connectivity index (χ4n) is 2.62. The van der Waals surface area contributed by atoms with E-state index in [1.807, 2.05) is 0 Å². The summed E-state index contributed by atoms with van der Waals surface area (Å²) in [6.45, 7) is 2.18. The highest BCUT2D eigenvalue weighted by atomic mass is 19.3. The Morgan fingerprint density at radius 3 is 2.67 bits per heavy atom. The summed E-state index contributed by atoms with van der Waals surface area (Å²) in [6.07, 6.45) is 2.13. The molecule has 1 aromatic rings. The quantitative estimate of drug-likeness (QED) is 0.793. The molecule has 1 aliphatic carbocycles. The van der Waals surface area contributed by atoms with Crippen LogP contribution in [0.5, 0.6) is 0 Å². The van der Waals surface area contributed by atoms with Gasteiger partial charge in [0.05, 0.1) is 0 Å². The van der Waals surface area contributed by atoms with Crippen LogP contribution >= 0.6 is 0 Å². The third kappa shape index (κ3) is 2.92. The Morgan fingerprint density at radius 1 is 1.28 bits per heavy atom. The van der Waals surface area contributed by atoms with Crippen LogP contribution < -0.4 is 11.1 Å². The summed E-state index contributed by atoms with van der Waals surface area (Å²) in [7, 11) is 0. The van der Waals surface area contributed by atoms with E-state index in [0.29, 0.717) is 23.3 Å². The fraction of sp³-hybridized carbons (Fsp3) is 0.571. The average Bonchev–Trinajstić information content (AvgIpc) is 2.34. The molecule has 4 heteroatoms. The summed E-state index contributed by atoms with van der Waals surface area (Å²) < 4.78 is 25.9. The number of hydrogen-bond donors (Lipinski definition) is 2. The molecule has 0 aliphatic heterocycles. The zero-order chi connectivity index (χ0) is 13.1. The molecular formula is C14H20F2N2. The monoisotopic (exact) mass is 254 g/mol. The Morgan fingerprint density at radius 2 is 2.00 bits per heavy atom. The zero-order valence-electron chi connectivity index (χ0n) is 10.6. The third-order valence-electron chi connectivity index (χ3n) is 3.76. The van der Waals surface area contributed by atoms with E-state index >= 15 is 0 Å². The van der Waals surface area contributed by atoms with Crippen molar-refractivity contribution in [1.29, 1.82) is 0 Å². The molecule has 3 N–H and O–H groups in total. The molecule has 1 fully saturated rings. The number of nitrogens with one attached hydrogen (secondary N) is 1. The lowest BCUT2D eigenvalue weighted by Crippen LogP contribution is -2.30. The van der Waals surface area contributed by atoms with Gasteiger partial charge in [0, 0.05) is 23.0 Å². The molecule has 0 radical (unpaired) electrons. The first-order valence-electron chi connectivity index (χ1n) is 6.52. The van der Waals surface area contributed by atoms with Gasteiger partial charge >= 0.3 is 0 Å². The van der Waals surface area contributed by atoms with E-state index in [0.717, 1.165) is 12.8 Å². The van der Waals surface area contributed by atoms with Gasteiger partial charge in [0.1, 0.15) is 0 Å². The van der Waals surface area contributed by atoms with E-state index in [1.165, 1.54) is 18.9 Å². The van der Waals surface area contributed by atoms with Crippen molar-refractivity contribution in [3.63, 3.8) is 0 Å². The summed E-state index contributed by atoms with van der Waals surface area (Å²) in [5, 5.41) is 3.27. The highest BCUT2D eigenvalue weighted by Crippen LogP contribution is 2.32. The predicted octanol–water partition coefficient (Wildman–Crippen LogP) is 4.20. The van der Waals surface area contributed by atoms with Gasteiger partial charge < -0.3 is 11.1 Å². The van der Waals surface area contributed by atoms with Gasteiger partial charge in [0.25, 0.3) is 6.43 Å². The van der Waals surface area contributed by atoms with Crippen LogP contribution in [0.1, 0.15) is 44.6 Å². The van der Waals surface area contributed by atoms with Crippen LogP contribution in [0, 0.1) is 5.92 Å². The molecular weight excluding hydrogens is 234 g/mol. The molecule has 0 bridgehead atoms. The van der Waals surface area contributed by atoms with Crippen molar-refractivity contribution in [2.24, 2.45) is 5.92 Å². The van der Waals surface area contributed by atoms with Crippen molar-refractivity contribution in [3.8, 4) is 0 Å². The molecule has 0 amide bonds. The minimum absolute atomic E-state index is 0.00720. The van der Waals surface area contributed by atoms with Crippen LogP contribution in [-0.2, 0) is 0 Å². The summed E-state index contributed by atoms with van der Waals surface area (Å²) in [5.41, 5.74) is 6.48. The second kappa shape index (κ2) is 5.55. The molecule has 2 nitrogen and oxygen atoms in total. The maximum Gasteiger partial charge on any atom is 0.265 e. The number of nitrogens with two attached hydrogens (primary N) is 1. The Balaban J connectivity index is 2.17. The fourth-order valence-corrected chi connectivity index (χ4v) is 2.62. The summed E-state index contributed by atoms with van der Waals surface area (Å²) in [5.74, 6) is 0.529. The molecule has 0 aromatic heterocycles. The standard InChI is InChI=1S/C14H20F2N2/c1-9-4-2-3-5-12(9)18-13-7-6-10(17)8-11(13)14(15)16/h6-9,12,14,18H,2-5,17H2,1H3. The van der Waals surface area contributed by atoms with Crippen molar-refractivity contribution in [2.75, 3.05) is 11.1 Å². The lowest BCUT2D eigenvalue weighted by molar-refractivity contribution is 0.152. The van der Waals surface area contributed by atoms with Crippen LogP contribution in [-0.4, -0.2) is 6.04 Å². The largest absolute Gasteiger partial charge is 0.399 e. The van der Waals surface area contributed by atoms with E-state index in [9.17, 15) is 8.78 Å². The van der Waals surface area contributed by atoms with E-state index in [2.05, 4.69) is 12.2 Å². The molecule has 0 heterocycles. The van der Waals surface area contributed by atoms with Gasteiger partial charge in [0.2, 0.25) is 0 Å². The third-order valence-corrected chi connectivity index (χ3v) is 3.76. The van der Waals surface area contributed by atoms with Gasteiger partial charge in [0.15, 0.2) is 0 Å². The van der Waals surface area contributed by atoms with Crippen molar-refractivity contribution in [3.05, 3.63) is 23.8 Å². The number of rotatable bonds is 3. The number of alkyl halides is 2. The normalized spacial score (nSPS) is 24.2. The first-order valence-corrected chi connectivity index (χ1v) is 6.52. The molecule has 100 valence electrons. The van der Waals surface area contributed by atoms with Crippen molar-refractivity contribution >= 4 is 11.4 Å². The smallest absolute Gasteiger partial charge is 0.265 e. The molecule has 18 heavy (non-hydrogen) atoms. The second-order valence-electron chi connectivity index (χ2n) is 5.16. The van der Waals surface area contributed by atoms with Crippen LogP contribution in [0.15, 0.2) is 18.2 Å². The maximum absolute atomic E-state index is 13.0. The van der Waals surface area contributed by atoms with E-state index < -0.39 is 6.43 Å². The molecule has 0 spiro atoms. The van der Waals surface area contributed by atoms with E-state index in [-0.39, 0.29) is 5.56 Å². The van der Waals surface area contributed by atoms with Crippen molar-refractivity contribution in [1.82, 2.24) is 0 Å². The van der Waals surface area contributed by atoms with Gasteiger partial charge in [-0.25, -0.2) is 8.78 Å². The van der Waals surface area contributed by atoms with Crippen LogP contribution in [0.4, 0.5) is 20.2 Å². The van der Waals surface area contributed by atoms with Gasteiger partial charge in [-0.05, 0) is 37.0 Å². The molecule has 1 aliphatic rings. The Kier molecular flexibility index (Phi) is 4.04. The summed E-state index contributed by atoms with van der Waals surface area (Å²) in [6, 6.07) is 4.99. The van der Waals surface area contributed by atoms with Crippen LogP contribution in [0.3, 0.4) is 0 Å². The minimum atomic E-state index is -2.49. The second-order valence-corrected chi connectivity index (χ2v) is 5.16. The van der Waals surface area contributed by atoms with E-state index in [1.54, 1.807) is 12.1 Å². The maximum atomic E-state index is 13.0. The Hall–Kier alpha value is -1.32. The summed E-state index contributed by atoms with van der Waals surface area (Å²) >= 11 is 0. The topological polar surface area (TPSA) is 38.0 Å². The minimum Gasteiger partial charge on any atom is -0.399 e. The molecule has 0 saturated heterocycles. The molecule has 2 unspecified atom stereocenters. The number of anilines is 2. The molecule has 1 saturated carbocycles. The number of nitrogen functional groups attached to an aromatic ring is 1. The van der Waals surface area contributed by atoms with Crippen molar-refractivity contribution < 1.29 is 8.78 Å². The highest BCUT2D eigenvalue weighted by Gasteiger charge is 2.23. The van der Waals surface area contributed by atoms with Gasteiger partial charge in [-0.1, -0.05) is 19.8 Å². The highest BCUT2D eigenvalue weighted by molar-refractivity contribution is 5.59. The number of hydrogen-bond acceptors (Lipinski definition) is 2. The Labute approximate surface area is 107 Å². The molecule has 1 aromatic carbocycles. The average molecular weight is 254 g/mol. The number of halogens is 2. The van der Waals surface area contributed by atoms with Crippen LogP contribution in [0.25, 0.3) is 0 Å². The lowest BCUT2D eigenvalue weighted by Gasteiger charge is -2.31. The van der Waals surface area contributed by atoms with Gasteiger partial charge in [-0.15, -0.1) is 0 Å². The van der Waals surface area contributed by atoms with Crippen molar-refractivity contribution in [2.45, 2.75) is 45.1 Å². The summed E-state index contributed by atoms with van der Waals surface area (Å²) in [4.78, 5) is 0. The predicted molar refractivity (Wildman–Crippen MR) is 70.9 cm³/mol. The first-order chi connectivity index (χ1) is 8.58. The number of benzene rings is 1. The molecule has 2 atom stereocenters. The first kappa shape index (κ1) is 13.1. The zero-order valence-corrected chi connectivity index (χ0v) is 10.6. The van der Waals surface area contributed by atoms with Crippen LogP contribution in [0.2, 0.25) is 0 Å². The van der Waals surface area contributed by atoms with Gasteiger partial charge in [-0.2, -0.15) is 0 Å². The SMILES string of the molecule is CC1CCCCC1Nc1ccc(N)cc1C(F)F. The Bertz CT molecular complexity index is 407. The molecule has 2 rings (SSSR count). The van der Waals surface area contributed by atoms with E-state index in [4.69, 9.17) is 5.73 Å². The lowest BCUT2D eigenvalue weighted by atomic mass is 9.85.